The van der Waals surface area contributed by atoms with Crippen LogP contribution < -0.4 is 10.6 Å². The lowest BCUT2D eigenvalue weighted by Crippen LogP contribution is -2.30. The topological polar surface area (TPSA) is 71.2 Å². The number of likely N-dealkylation sites (tertiary alicyclic amines) is 1. The highest BCUT2D eigenvalue weighted by molar-refractivity contribution is 7.99. The molecular weight excluding hydrogens is 284 g/mol. The van der Waals surface area contributed by atoms with E-state index in [1.54, 1.807) is 0 Å². The highest BCUT2D eigenvalue weighted by atomic mass is 32.2. The molecule has 0 aliphatic carbocycles. The molecule has 2 N–H and O–H groups in total. The Hall–Kier alpha value is -1.08. The Balaban J connectivity index is 2.05. The van der Waals surface area contributed by atoms with Gasteiger partial charge in [-0.15, -0.1) is 0 Å². The monoisotopic (exact) mass is 310 g/mol. The Labute approximate surface area is 131 Å². The molecule has 0 amide bonds. The van der Waals surface area contributed by atoms with Gasteiger partial charge in [0.2, 0.25) is 11.9 Å². The molecule has 0 aromatic carbocycles. The van der Waals surface area contributed by atoms with E-state index < -0.39 is 0 Å². The standard InChI is InChI=1S/C14H26N6S/c1-4-21-11-7-5-6-8-20(9-11)10-12-16-13(15)18-14(17-12)19(2)3/h11H,4-10H2,1-3H3,(H2,15,16,17,18)/t11-/m1/s1. The summed E-state index contributed by atoms with van der Waals surface area (Å²) in [5.74, 6) is 2.89. The zero-order valence-electron chi connectivity index (χ0n) is 13.2. The molecule has 118 valence electrons. The minimum atomic E-state index is 0.304. The van der Waals surface area contributed by atoms with Crippen molar-refractivity contribution < 1.29 is 0 Å². The highest BCUT2D eigenvalue weighted by Crippen LogP contribution is 2.22. The first kappa shape index (κ1) is 16.3. The quantitative estimate of drug-likeness (QED) is 0.886. The van der Waals surface area contributed by atoms with Gasteiger partial charge in [0.25, 0.3) is 0 Å². The van der Waals surface area contributed by atoms with Crippen molar-refractivity contribution in [3.05, 3.63) is 5.82 Å². The third-order valence-electron chi connectivity index (χ3n) is 3.57. The fraction of sp³-hybridized carbons (Fsp3) is 0.786. The van der Waals surface area contributed by atoms with E-state index in [1.165, 1.54) is 25.0 Å². The number of nitrogens with two attached hydrogens (primary N) is 1. The third-order valence-corrected chi connectivity index (χ3v) is 4.76. The van der Waals surface area contributed by atoms with Gasteiger partial charge in [-0.3, -0.25) is 4.90 Å². The molecule has 2 rings (SSSR count). The Morgan fingerprint density at radius 2 is 2.10 bits per heavy atom. The smallest absolute Gasteiger partial charge is 0.229 e. The van der Waals surface area contributed by atoms with Gasteiger partial charge in [-0.05, 0) is 25.1 Å². The zero-order valence-corrected chi connectivity index (χ0v) is 14.1. The van der Waals surface area contributed by atoms with Gasteiger partial charge in [-0.25, -0.2) is 0 Å². The van der Waals surface area contributed by atoms with Crippen molar-refractivity contribution in [2.24, 2.45) is 0 Å². The maximum absolute atomic E-state index is 5.80. The van der Waals surface area contributed by atoms with Crippen molar-refractivity contribution in [1.82, 2.24) is 19.9 Å². The van der Waals surface area contributed by atoms with Crippen LogP contribution in [-0.2, 0) is 6.54 Å². The van der Waals surface area contributed by atoms with Gasteiger partial charge in [0.15, 0.2) is 0 Å². The van der Waals surface area contributed by atoms with Crippen LogP contribution in [0.4, 0.5) is 11.9 Å². The Bertz CT molecular complexity index is 453. The van der Waals surface area contributed by atoms with Crippen molar-refractivity contribution in [3.8, 4) is 0 Å². The molecule has 2 heterocycles. The summed E-state index contributed by atoms with van der Waals surface area (Å²) in [6, 6.07) is 0. The zero-order chi connectivity index (χ0) is 15.2. The molecule has 0 radical (unpaired) electrons. The summed E-state index contributed by atoms with van der Waals surface area (Å²) in [5, 5.41) is 0.727. The molecule has 0 unspecified atom stereocenters. The normalized spacial score (nSPS) is 20.2. The van der Waals surface area contributed by atoms with Crippen molar-refractivity contribution in [1.29, 1.82) is 0 Å². The lowest BCUT2D eigenvalue weighted by molar-refractivity contribution is 0.272. The van der Waals surface area contributed by atoms with Crippen LogP contribution in [0.3, 0.4) is 0 Å². The Morgan fingerprint density at radius 3 is 2.81 bits per heavy atom. The SMILES string of the molecule is CCS[C@@H]1CCCCN(Cc2nc(N)nc(N(C)C)n2)C1. The van der Waals surface area contributed by atoms with E-state index >= 15 is 0 Å². The summed E-state index contributed by atoms with van der Waals surface area (Å²) < 4.78 is 0. The van der Waals surface area contributed by atoms with Crippen LogP contribution in [0.5, 0.6) is 0 Å². The van der Waals surface area contributed by atoms with E-state index in [1.807, 2.05) is 19.0 Å². The van der Waals surface area contributed by atoms with E-state index in [-0.39, 0.29) is 0 Å². The number of aromatic nitrogens is 3. The summed E-state index contributed by atoms with van der Waals surface area (Å²) in [6.07, 6.45) is 3.88. The molecule has 1 fully saturated rings. The Kier molecular flexibility index (Phi) is 6.05. The Morgan fingerprint density at radius 1 is 1.29 bits per heavy atom. The predicted octanol–water partition coefficient (Wildman–Crippen LogP) is 1.63. The number of nitrogen functional groups attached to an aromatic ring is 1. The third kappa shape index (κ3) is 5.00. The molecule has 1 aliphatic rings. The van der Waals surface area contributed by atoms with Crippen LogP contribution in [-0.4, -0.2) is 58.0 Å². The molecule has 0 spiro atoms. The number of hydrogen-bond acceptors (Lipinski definition) is 7. The fourth-order valence-corrected chi connectivity index (χ4v) is 3.71. The summed E-state index contributed by atoms with van der Waals surface area (Å²) in [7, 11) is 3.83. The second kappa shape index (κ2) is 7.79. The first-order valence-corrected chi connectivity index (χ1v) is 8.65. The lowest BCUT2D eigenvalue weighted by Gasteiger charge is -2.23. The number of nitrogens with zero attached hydrogens (tertiary/aromatic N) is 5. The molecule has 21 heavy (non-hydrogen) atoms. The second-order valence-electron chi connectivity index (χ2n) is 5.61. The molecule has 0 bridgehead atoms. The number of thioether (sulfide) groups is 1. The molecule has 1 aromatic rings. The first-order valence-electron chi connectivity index (χ1n) is 7.60. The molecule has 1 saturated heterocycles. The molecular formula is C14H26N6S. The average molecular weight is 310 g/mol. The summed E-state index contributed by atoms with van der Waals surface area (Å²) in [6.45, 7) is 5.22. The van der Waals surface area contributed by atoms with Gasteiger partial charge in [0.1, 0.15) is 5.82 Å². The van der Waals surface area contributed by atoms with Gasteiger partial charge >= 0.3 is 0 Å². The van der Waals surface area contributed by atoms with Crippen molar-refractivity contribution in [2.75, 3.05) is 43.6 Å². The van der Waals surface area contributed by atoms with Gasteiger partial charge in [0.05, 0.1) is 6.54 Å². The lowest BCUT2D eigenvalue weighted by atomic mass is 10.2. The van der Waals surface area contributed by atoms with Crippen molar-refractivity contribution in [3.63, 3.8) is 0 Å². The predicted molar refractivity (Wildman–Crippen MR) is 89.6 cm³/mol. The van der Waals surface area contributed by atoms with E-state index in [0.717, 1.165) is 30.7 Å². The summed E-state index contributed by atoms with van der Waals surface area (Å²) in [5.41, 5.74) is 5.80. The minimum Gasteiger partial charge on any atom is -0.368 e. The van der Waals surface area contributed by atoms with Crippen LogP contribution in [0.15, 0.2) is 0 Å². The van der Waals surface area contributed by atoms with E-state index in [0.29, 0.717) is 11.9 Å². The van der Waals surface area contributed by atoms with E-state index in [9.17, 15) is 0 Å². The maximum atomic E-state index is 5.80. The number of anilines is 2. The molecule has 1 aromatic heterocycles. The molecule has 7 heteroatoms. The van der Waals surface area contributed by atoms with Crippen LogP contribution in [0.1, 0.15) is 32.0 Å². The first-order chi connectivity index (χ1) is 10.1. The van der Waals surface area contributed by atoms with Crippen LogP contribution in [0.2, 0.25) is 0 Å². The highest BCUT2D eigenvalue weighted by Gasteiger charge is 2.19. The second-order valence-corrected chi connectivity index (χ2v) is 7.19. The largest absolute Gasteiger partial charge is 0.368 e. The maximum Gasteiger partial charge on any atom is 0.229 e. The molecule has 6 nitrogen and oxygen atoms in total. The van der Waals surface area contributed by atoms with E-state index in [4.69, 9.17) is 5.73 Å². The minimum absolute atomic E-state index is 0.304. The van der Waals surface area contributed by atoms with Crippen molar-refractivity contribution >= 4 is 23.7 Å². The summed E-state index contributed by atoms with van der Waals surface area (Å²) >= 11 is 2.06. The molecule has 0 saturated carbocycles. The van der Waals surface area contributed by atoms with Crippen LogP contribution in [0.25, 0.3) is 0 Å². The van der Waals surface area contributed by atoms with Gasteiger partial charge in [0, 0.05) is 25.9 Å². The van der Waals surface area contributed by atoms with Crippen molar-refractivity contribution in [2.45, 2.75) is 38.0 Å². The van der Waals surface area contributed by atoms with Gasteiger partial charge < -0.3 is 10.6 Å². The number of hydrogen-bond donors (Lipinski definition) is 1. The van der Waals surface area contributed by atoms with E-state index in [2.05, 4.69) is 38.5 Å². The summed E-state index contributed by atoms with van der Waals surface area (Å²) in [4.78, 5) is 17.3. The van der Waals surface area contributed by atoms with Gasteiger partial charge in [-0.2, -0.15) is 26.7 Å². The molecule has 1 aliphatic heterocycles. The number of rotatable bonds is 5. The van der Waals surface area contributed by atoms with Gasteiger partial charge in [-0.1, -0.05) is 13.3 Å². The fourth-order valence-electron chi connectivity index (χ4n) is 2.59. The molecule has 1 atom stereocenters. The van der Waals surface area contributed by atoms with Crippen LogP contribution >= 0.6 is 11.8 Å². The van der Waals surface area contributed by atoms with Crippen LogP contribution in [0, 0.1) is 0 Å². The average Bonchev–Trinajstić information content (AvgIpc) is 2.63.